The summed E-state index contributed by atoms with van der Waals surface area (Å²) in [6, 6.07) is 0. The van der Waals surface area contributed by atoms with E-state index in [4.69, 9.17) is 4.74 Å². The summed E-state index contributed by atoms with van der Waals surface area (Å²) in [6.45, 7) is 4.31. The minimum atomic E-state index is -1.75. The zero-order valence-corrected chi connectivity index (χ0v) is 19.4. The van der Waals surface area contributed by atoms with E-state index in [1.165, 1.54) is 13.0 Å². The second kappa shape index (κ2) is 7.32. The lowest BCUT2D eigenvalue weighted by Gasteiger charge is -2.60. The van der Waals surface area contributed by atoms with E-state index in [0.29, 0.717) is 16.5 Å². The number of halogens is 2. The molecule has 31 heavy (non-hydrogen) atoms. The molecule has 0 heterocycles. The first-order valence-electron chi connectivity index (χ1n) is 10.7. The Bertz CT molecular complexity index is 914. The molecule has 0 aromatic heterocycles. The van der Waals surface area contributed by atoms with Gasteiger partial charge in [0, 0.05) is 23.7 Å². The maximum atomic E-state index is 15.4. The number of carbonyl (C=O) groups is 3. The molecule has 0 spiro atoms. The summed E-state index contributed by atoms with van der Waals surface area (Å²) >= 11 is 3.28. The number of aliphatic hydroxyl groups excluding tert-OH is 1. The lowest BCUT2D eigenvalue weighted by molar-refractivity contribution is -0.183. The predicted octanol–water partition coefficient (Wildman–Crippen LogP) is 2.80. The Morgan fingerprint density at radius 3 is 2.68 bits per heavy atom. The highest BCUT2D eigenvalue weighted by Gasteiger charge is 2.69. The van der Waals surface area contributed by atoms with Crippen LogP contribution in [0, 0.1) is 28.6 Å². The number of hydrogen-bond acceptors (Lipinski definition) is 6. The fourth-order valence-electron chi connectivity index (χ4n) is 7.14. The monoisotopic (exact) mass is 498 g/mol. The number of aliphatic hydroxyl groups is 2. The molecular formula is C23H28BrFO6. The SMILES string of the molecule is CC(=O)OCC(=O)[C@@]1(O)CC[C@H]2[C@@H]3CC(F)C4=CC(=O)C(Br)=C[C@]4(C)[C@H]3C(O)C[C@@]21C. The standard InChI is InChI=1S/C23H28BrFO6/c1-11(26)31-10-19(29)23(30)5-4-13-12-6-16(25)14-7-17(27)15(24)8-21(14,2)20(12)18(28)9-22(13,23)3/h7-8,12-13,16,18,20,28,30H,4-6,9-10H2,1-3H3/t12-,13-,16?,18?,20+,21-,22-,23-/m0/s1. The third-order valence-electron chi connectivity index (χ3n) is 8.55. The molecule has 6 nitrogen and oxygen atoms in total. The molecule has 8 atom stereocenters. The van der Waals surface area contributed by atoms with Crippen LogP contribution in [0.25, 0.3) is 0 Å². The van der Waals surface area contributed by atoms with Crippen LogP contribution < -0.4 is 0 Å². The number of rotatable bonds is 3. The smallest absolute Gasteiger partial charge is 0.303 e. The van der Waals surface area contributed by atoms with Gasteiger partial charge in [0.05, 0.1) is 10.6 Å². The zero-order chi connectivity index (χ0) is 22.9. The molecule has 170 valence electrons. The molecule has 0 radical (unpaired) electrons. The fourth-order valence-corrected chi connectivity index (χ4v) is 7.73. The number of fused-ring (bicyclic) bond motifs is 5. The molecule has 4 rings (SSSR count). The maximum Gasteiger partial charge on any atom is 0.303 e. The van der Waals surface area contributed by atoms with E-state index in [0.717, 1.165) is 0 Å². The Morgan fingerprint density at radius 1 is 1.35 bits per heavy atom. The summed E-state index contributed by atoms with van der Waals surface area (Å²) in [5.74, 6) is -2.27. The molecule has 0 aromatic carbocycles. The molecule has 3 saturated carbocycles. The van der Waals surface area contributed by atoms with Gasteiger partial charge in [0.1, 0.15) is 11.8 Å². The van der Waals surface area contributed by atoms with Crippen molar-refractivity contribution in [1.29, 1.82) is 0 Å². The second-order valence-electron chi connectivity index (χ2n) is 10.0. The van der Waals surface area contributed by atoms with Gasteiger partial charge in [-0.3, -0.25) is 14.4 Å². The van der Waals surface area contributed by atoms with E-state index in [-0.39, 0.29) is 42.8 Å². The van der Waals surface area contributed by atoms with Crippen LogP contribution in [0.4, 0.5) is 4.39 Å². The van der Waals surface area contributed by atoms with Crippen LogP contribution in [0.3, 0.4) is 0 Å². The summed E-state index contributed by atoms with van der Waals surface area (Å²) in [5, 5.41) is 22.8. The van der Waals surface area contributed by atoms with Crippen LogP contribution in [0.5, 0.6) is 0 Å². The van der Waals surface area contributed by atoms with Crippen LogP contribution >= 0.6 is 15.9 Å². The van der Waals surface area contributed by atoms with Crippen molar-refractivity contribution >= 4 is 33.5 Å². The first-order chi connectivity index (χ1) is 14.3. The topological polar surface area (TPSA) is 101 Å². The molecule has 0 saturated heterocycles. The van der Waals surface area contributed by atoms with Gasteiger partial charge in [0.15, 0.2) is 12.4 Å². The maximum absolute atomic E-state index is 15.4. The Hall–Kier alpha value is -1.38. The molecule has 8 heteroatoms. The molecule has 2 unspecified atom stereocenters. The van der Waals surface area contributed by atoms with Gasteiger partial charge >= 0.3 is 5.97 Å². The minimum absolute atomic E-state index is 0.135. The van der Waals surface area contributed by atoms with Gasteiger partial charge in [-0.25, -0.2) is 4.39 Å². The highest BCUT2D eigenvalue weighted by molar-refractivity contribution is 9.12. The molecule has 0 aromatic rings. The lowest BCUT2D eigenvalue weighted by Crippen LogP contribution is -2.62. The number of carbonyl (C=O) groups excluding carboxylic acids is 3. The zero-order valence-electron chi connectivity index (χ0n) is 17.9. The number of hydrogen-bond donors (Lipinski definition) is 2. The first-order valence-corrected chi connectivity index (χ1v) is 11.5. The van der Waals surface area contributed by atoms with Gasteiger partial charge in [-0.2, -0.15) is 0 Å². The number of alkyl halides is 1. The molecule has 3 fully saturated rings. The summed E-state index contributed by atoms with van der Waals surface area (Å²) in [6.07, 6.45) is 1.81. The van der Waals surface area contributed by atoms with Crippen LogP contribution in [0.2, 0.25) is 0 Å². The molecule has 2 N–H and O–H groups in total. The highest BCUT2D eigenvalue weighted by atomic mass is 79.9. The quantitative estimate of drug-likeness (QED) is 0.580. The second-order valence-corrected chi connectivity index (χ2v) is 10.9. The number of allylic oxidation sites excluding steroid dienone is 4. The van der Waals surface area contributed by atoms with Gasteiger partial charge in [-0.15, -0.1) is 0 Å². The Morgan fingerprint density at radius 2 is 2.03 bits per heavy atom. The number of esters is 1. The molecule has 0 amide bonds. The summed E-state index contributed by atoms with van der Waals surface area (Å²) in [4.78, 5) is 36.2. The van der Waals surface area contributed by atoms with E-state index < -0.39 is 47.1 Å². The fraction of sp³-hybridized carbons (Fsp3) is 0.696. The third-order valence-corrected chi connectivity index (χ3v) is 9.17. The van der Waals surface area contributed by atoms with E-state index in [1.807, 2.05) is 6.92 Å². The van der Waals surface area contributed by atoms with E-state index in [9.17, 15) is 24.6 Å². The average molecular weight is 499 g/mol. The Labute approximate surface area is 189 Å². The van der Waals surface area contributed by atoms with E-state index in [1.54, 1.807) is 13.0 Å². The summed E-state index contributed by atoms with van der Waals surface area (Å²) < 4.78 is 20.6. The van der Waals surface area contributed by atoms with E-state index >= 15 is 4.39 Å². The van der Waals surface area contributed by atoms with Crippen molar-refractivity contribution in [2.24, 2.45) is 28.6 Å². The van der Waals surface area contributed by atoms with Gasteiger partial charge in [-0.05, 0) is 65.1 Å². The van der Waals surface area contributed by atoms with Crippen LogP contribution in [0.15, 0.2) is 22.2 Å². The van der Waals surface area contributed by atoms with Crippen molar-refractivity contribution in [2.75, 3.05) is 6.61 Å². The third kappa shape index (κ3) is 3.12. The van der Waals surface area contributed by atoms with Crippen molar-refractivity contribution in [3.8, 4) is 0 Å². The first kappa shape index (κ1) is 22.8. The van der Waals surface area contributed by atoms with Crippen molar-refractivity contribution < 1.29 is 33.7 Å². The van der Waals surface area contributed by atoms with Crippen LogP contribution in [0.1, 0.15) is 46.5 Å². The highest BCUT2D eigenvalue weighted by Crippen LogP contribution is 2.67. The Balaban J connectivity index is 1.72. The molecule has 0 bridgehead atoms. The minimum Gasteiger partial charge on any atom is -0.458 e. The van der Waals surface area contributed by atoms with Gasteiger partial charge in [0.2, 0.25) is 5.78 Å². The lowest BCUT2D eigenvalue weighted by atomic mass is 9.46. The van der Waals surface area contributed by atoms with Crippen molar-refractivity contribution in [3.05, 3.63) is 22.2 Å². The molecular weight excluding hydrogens is 471 g/mol. The van der Waals surface area contributed by atoms with Crippen molar-refractivity contribution in [1.82, 2.24) is 0 Å². The largest absolute Gasteiger partial charge is 0.458 e. The van der Waals surface area contributed by atoms with Gasteiger partial charge < -0.3 is 14.9 Å². The average Bonchev–Trinajstić information content (AvgIpc) is 2.93. The predicted molar refractivity (Wildman–Crippen MR) is 113 cm³/mol. The van der Waals surface area contributed by atoms with Crippen molar-refractivity contribution in [3.63, 3.8) is 0 Å². The van der Waals surface area contributed by atoms with Crippen molar-refractivity contribution in [2.45, 2.75) is 64.3 Å². The van der Waals surface area contributed by atoms with Gasteiger partial charge in [-0.1, -0.05) is 19.9 Å². The van der Waals surface area contributed by atoms with Crippen LogP contribution in [-0.4, -0.2) is 52.2 Å². The number of Topliss-reactive ketones (excluding diaryl/α,β-unsaturated/α-hetero) is 1. The normalized spacial score (nSPS) is 46.3. The molecule has 4 aliphatic rings. The number of ketones is 2. The molecule has 0 aliphatic heterocycles. The summed E-state index contributed by atoms with van der Waals surface area (Å²) in [7, 11) is 0. The number of ether oxygens (including phenoxy) is 1. The van der Waals surface area contributed by atoms with Gasteiger partial charge in [0.25, 0.3) is 0 Å². The Kier molecular flexibility index (Phi) is 5.38. The van der Waals surface area contributed by atoms with E-state index in [2.05, 4.69) is 15.9 Å². The van der Waals surface area contributed by atoms with Crippen LogP contribution in [-0.2, 0) is 19.1 Å². The summed E-state index contributed by atoms with van der Waals surface area (Å²) in [5.41, 5.74) is -3.16. The molecule has 4 aliphatic carbocycles.